The van der Waals surface area contributed by atoms with Crippen LogP contribution >= 0.6 is 0 Å². The van der Waals surface area contributed by atoms with Gasteiger partial charge in [-0.15, -0.1) is 15.3 Å². The van der Waals surface area contributed by atoms with E-state index in [0.29, 0.717) is 18.2 Å². The lowest BCUT2D eigenvalue weighted by atomic mass is 10.1. The zero-order valence-electron chi connectivity index (χ0n) is 14.0. The molecule has 1 aliphatic rings. The molecule has 0 unspecified atom stereocenters. The highest BCUT2D eigenvalue weighted by Crippen LogP contribution is 2.23. The minimum atomic E-state index is -0.541. The fraction of sp³-hybridized carbons (Fsp3) is 0.353. The lowest BCUT2D eigenvalue weighted by Crippen LogP contribution is -2.58. The Morgan fingerprint density at radius 2 is 1.84 bits per heavy atom. The number of aryl methyl sites for hydroxylation is 1. The number of likely N-dealkylation sites (N-methyl/N-ethyl adjacent to an activating group) is 1. The molecule has 4 rings (SSSR count). The van der Waals surface area contributed by atoms with Crippen molar-refractivity contribution < 1.29 is 8.78 Å². The quantitative estimate of drug-likeness (QED) is 0.725. The van der Waals surface area contributed by atoms with Gasteiger partial charge in [-0.25, -0.2) is 8.78 Å². The minimum Gasteiger partial charge on any atom is -0.352 e. The predicted octanol–water partition coefficient (Wildman–Crippen LogP) is 2.03. The summed E-state index contributed by atoms with van der Waals surface area (Å²) in [5.74, 6) is 0.539. The maximum atomic E-state index is 13.3. The molecule has 0 spiro atoms. The number of rotatable bonds is 4. The highest BCUT2D eigenvalue weighted by Gasteiger charge is 2.31. The first-order valence-corrected chi connectivity index (χ1v) is 8.09. The van der Waals surface area contributed by atoms with E-state index in [-0.39, 0.29) is 0 Å². The minimum absolute atomic E-state index is 0.311. The summed E-state index contributed by atoms with van der Waals surface area (Å²) in [6.45, 7) is 3.99. The van der Waals surface area contributed by atoms with Crippen LogP contribution in [-0.2, 0) is 6.54 Å². The number of anilines is 1. The number of hydrogen-bond acceptors (Lipinski definition) is 5. The summed E-state index contributed by atoms with van der Waals surface area (Å²) >= 11 is 0. The van der Waals surface area contributed by atoms with Crippen molar-refractivity contribution in [2.45, 2.75) is 19.5 Å². The van der Waals surface area contributed by atoms with Crippen molar-refractivity contribution in [3.8, 4) is 0 Å². The fourth-order valence-electron chi connectivity index (χ4n) is 3.10. The molecule has 8 heteroatoms. The second-order valence-electron chi connectivity index (χ2n) is 6.46. The van der Waals surface area contributed by atoms with Crippen molar-refractivity contribution in [1.82, 2.24) is 24.7 Å². The van der Waals surface area contributed by atoms with Gasteiger partial charge >= 0.3 is 0 Å². The topological polar surface area (TPSA) is 49.6 Å². The normalized spacial score (nSPS) is 15.2. The van der Waals surface area contributed by atoms with E-state index < -0.39 is 11.6 Å². The van der Waals surface area contributed by atoms with Crippen molar-refractivity contribution in [2.75, 3.05) is 25.0 Å². The number of halogens is 2. The molecule has 25 heavy (non-hydrogen) atoms. The van der Waals surface area contributed by atoms with Crippen LogP contribution in [0.1, 0.15) is 11.4 Å². The van der Waals surface area contributed by atoms with Gasteiger partial charge in [-0.1, -0.05) is 0 Å². The van der Waals surface area contributed by atoms with E-state index in [9.17, 15) is 8.78 Å². The third kappa shape index (κ3) is 3.05. The Morgan fingerprint density at radius 3 is 2.56 bits per heavy atom. The van der Waals surface area contributed by atoms with Crippen LogP contribution in [0.25, 0.3) is 5.65 Å². The zero-order valence-corrected chi connectivity index (χ0v) is 14.0. The van der Waals surface area contributed by atoms with Crippen molar-refractivity contribution in [3.63, 3.8) is 0 Å². The molecule has 1 saturated heterocycles. The molecule has 0 atom stereocenters. The smallest absolute Gasteiger partial charge is 0.178 e. The third-order valence-electron chi connectivity index (χ3n) is 4.57. The molecule has 1 aliphatic heterocycles. The number of fused-ring (bicyclic) bond motifs is 1. The van der Waals surface area contributed by atoms with E-state index in [0.717, 1.165) is 36.4 Å². The summed E-state index contributed by atoms with van der Waals surface area (Å²) in [5.41, 5.74) is 1.36. The molecule has 6 nitrogen and oxygen atoms in total. The van der Waals surface area contributed by atoms with Gasteiger partial charge in [-0.05, 0) is 43.8 Å². The van der Waals surface area contributed by atoms with Crippen molar-refractivity contribution in [3.05, 3.63) is 53.4 Å². The molecule has 2 aromatic heterocycles. The van der Waals surface area contributed by atoms with E-state index in [4.69, 9.17) is 0 Å². The summed E-state index contributed by atoms with van der Waals surface area (Å²) in [4.78, 5) is 4.26. The lowest BCUT2D eigenvalue weighted by Gasteiger charge is -2.44. The Kier molecular flexibility index (Phi) is 3.84. The van der Waals surface area contributed by atoms with Crippen molar-refractivity contribution >= 4 is 11.5 Å². The van der Waals surface area contributed by atoms with E-state index in [1.165, 1.54) is 12.1 Å². The highest BCUT2D eigenvalue weighted by molar-refractivity contribution is 5.47. The Hall–Kier alpha value is -2.61. The second kappa shape index (κ2) is 6.03. The molecule has 1 aromatic carbocycles. The van der Waals surface area contributed by atoms with Gasteiger partial charge in [0, 0.05) is 31.7 Å². The largest absolute Gasteiger partial charge is 0.352 e. The van der Waals surface area contributed by atoms with Gasteiger partial charge in [0.25, 0.3) is 0 Å². The summed E-state index contributed by atoms with van der Waals surface area (Å²) < 4.78 is 28.3. The lowest BCUT2D eigenvalue weighted by molar-refractivity contribution is 0.196. The molecule has 0 amide bonds. The molecule has 0 N–H and O–H groups in total. The van der Waals surface area contributed by atoms with Crippen LogP contribution in [0.4, 0.5) is 14.6 Å². The SMILES string of the molecule is Cc1nnc2ccc(N3CC(N(C)Cc4cc(F)cc(F)c4)C3)nn12. The summed E-state index contributed by atoms with van der Waals surface area (Å²) in [6.07, 6.45) is 0. The average molecular weight is 344 g/mol. The van der Waals surface area contributed by atoms with Gasteiger partial charge in [-0.3, -0.25) is 4.90 Å². The molecule has 0 radical (unpaired) electrons. The molecular formula is C17H18F2N6. The summed E-state index contributed by atoms with van der Waals surface area (Å²) in [7, 11) is 1.96. The maximum absolute atomic E-state index is 13.3. The number of benzene rings is 1. The van der Waals surface area contributed by atoms with Crippen LogP contribution in [0, 0.1) is 18.6 Å². The van der Waals surface area contributed by atoms with E-state index >= 15 is 0 Å². The van der Waals surface area contributed by atoms with Crippen molar-refractivity contribution in [2.24, 2.45) is 0 Å². The molecule has 3 heterocycles. The Balaban J connectivity index is 1.41. The highest BCUT2D eigenvalue weighted by atomic mass is 19.1. The maximum Gasteiger partial charge on any atom is 0.178 e. The van der Waals surface area contributed by atoms with Gasteiger partial charge < -0.3 is 4.90 Å². The van der Waals surface area contributed by atoms with Crippen molar-refractivity contribution in [1.29, 1.82) is 0 Å². The second-order valence-corrected chi connectivity index (χ2v) is 6.46. The Bertz CT molecular complexity index is 898. The fourth-order valence-corrected chi connectivity index (χ4v) is 3.10. The van der Waals surface area contributed by atoms with E-state index in [1.54, 1.807) is 4.52 Å². The average Bonchev–Trinajstić information content (AvgIpc) is 2.86. The van der Waals surface area contributed by atoms with Crippen LogP contribution in [0.15, 0.2) is 30.3 Å². The molecular weight excluding hydrogens is 326 g/mol. The van der Waals surface area contributed by atoms with Crippen LogP contribution in [0.5, 0.6) is 0 Å². The van der Waals surface area contributed by atoms with Gasteiger partial charge in [0.2, 0.25) is 0 Å². The Labute approximate surface area is 143 Å². The molecule has 1 fully saturated rings. The molecule has 0 aliphatic carbocycles. The Morgan fingerprint density at radius 1 is 1.12 bits per heavy atom. The van der Waals surface area contributed by atoms with Gasteiger partial charge in [0.05, 0.1) is 0 Å². The standard InChI is InChI=1S/C17H18F2N6/c1-11-20-21-16-3-4-17(22-25(11)16)24-9-15(10-24)23(2)8-12-5-13(18)7-14(19)6-12/h3-7,15H,8-10H2,1-2H3. The summed E-state index contributed by atoms with van der Waals surface area (Å²) in [5, 5.41) is 12.6. The molecule has 0 saturated carbocycles. The first-order chi connectivity index (χ1) is 12.0. The molecule has 3 aromatic rings. The predicted molar refractivity (Wildman–Crippen MR) is 89.3 cm³/mol. The number of aromatic nitrogens is 4. The molecule has 0 bridgehead atoms. The number of nitrogens with zero attached hydrogens (tertiary/aromatic N) is 6. The van der Waals surface area contributed by atoms with E-state index in [1.807, 2.05) is 26.1 Å². The molecule has 130 valence electrons. The van der Waals surface area contributed by atoms with Gasteiger partial charge in [0.1, 0.15) is 17.5 Å². The van der Waals surface area contributed by atoms with Crippen LogP contribution in [-0.4, -0.2) is 50.9 Å². The monoisotopic (exact) mass is 344 g/mol. The van der Waals surface area contributed by atoms with Gasteiger partial charge in [-0.2, -0.15) is 4.52 Å². The van der Waals surface area contributed by atoms with Crippen LogP contribution < -0.4 is 4.90 Å². The number of hydrogen-bond donors (Lipinski definition) is 0. The zero-order chi connectivity index (χ0) is 17.6. The summed E-state index contributed by atoms with van der Waals surface area (Å²) in [6, 6.07) is 7.78. The first kappa shape index (κ1) is 15.9. The third-order valence-corrected chi connectivity index (χ3v) is 4.57. The van der Waals surface area contributed by atoms with Crippen LogP contribution in [0.3, 0.4) is 0 Å². The van der Waals surface area contributed by atoms with E-state index in [2.05, 4.69) is 25.1 Å². The van der Waals surface area contributed by atoms with Crippen LogP contribution in [0.2, 0.25) is 0 Å². The van der Waals surface area contributed by atoms with Gasteiger partial charge in [0.15, 0.2) is 11.5 Å². The first-order valence-electron chi connectivity index (χ1n) is 8.09.